The summed E-state index contributed by atoms with van der Waals surface area (Å²) in [6, 6.07) is 7.67. The van der Waals surface area contributed by atoms with Crippen LogP contribution in [0.4, 0.5) is 0 Å². The number of hydrogen-bond donors (Lipinski definition) is 1. The first-order chi connectivity index (χ1) is 9.31. The van der Waals surface area contributed by atoms with Gasteiger partial charge in [0.1, 0.15) is 0 Å². The second-order valence-corrected chi connectivity index (χ2v) is 4.50. The maximum absolute atomic E-state index is 5.53. The van der Waals surface area contributed by atoms with E-state index in [1.807, 2.05) is 24.3 Å². The van der Waals surface area contributed by atoms with E-state index < -0.39 is 0 Å². The predicted octanol–water partition coefficient (Wildman–Crippen LogP) is 2.17. The Bertz CT molecular complexity index is 518. The molecule has 102 valence electrons. The molecule has 19 heavy (non-hydrogen) atoms. The van der Waals surface area contributed by atoms with E-state index in [4.69, 9.17) is 14.0 Å². The molecule has 2 rings (SSSR count). The van der Waals surface area contributed by atoms with Gasteiger partial charge < -0.3 is 9.15 Å². The van der Waals surface area contributed by atoms with Gasteiger partial charge in [-0.2, -0.15) is 5.48 Å². The van der Waals surface area contributed by atoms with Crippen LogP contribution in [0.15, 0.2) is 33.2 Å². The number of aromatic nitrogens is 2. The molecule has 0 fully saturated rings. The van der Waals surface area contributed by atoms with Crippen LogP contribution in [0.3, 0.4) is 0 Å². The Morgan fingerprint density at radius 3 is 2.89 bits per heavy atom. The van der Waals surface area contributed by atoms with Gasteiger partial charge in [-0.15, -0.1) is 10.2 Å². The Kier molecular flexibility index (Phi) is 5.46. The number of ether oxygens (including phenoxy) is 1. The quantitative estimate of drug-likeness (QED) is 0.620. The summed E-state index contributed by atoms with van der Waals surface area (Å²) >= 11 is 3.44. The number of rotatable bonds is 7. The van der Waals surface area contributed by atoms with E-state index in [2.05, 4.69) is 31.6 Å². The lowest BCUT2D eigenvalue weighted by atomic mass is 10.2. The maximum atomic E-state index is 5.53. The third-order valence-electron chi connectivity index (χ3n) is 2.29. The number of methoxy groups -OCH3 is 1. The smallest absolute Gasteiger partial charge is 0.248 e. The van der Waals surface area contributed by atoms with E-state index in [1.54, 1.807) is 7.11 Å². The molecule has 0 aliphatic rings. The van der Waals surface area contributed by atoms with E-state index in [0.717, 1.165) is 10.0 Å². The Hall–Kier alpha value is -1.28. The maximum Gasteiger partial charge on any atom is 0.248 e. The molecule has 1 aromatic heterocycles. The molecule has 6 nitrogen and oxygen atoms in total. The molecule has 7 heteroatoms. The summed E-state index contributed by atoms with van der Waals surface area (Å²) in [5.74, 6) is 0.935. The molecule has 1 N–H and O–H groups in total. The number of halogens is 1. The van der Waals surface area contributed by atoms with Crippen molar-refractivity contribution in [3.05, 3.63) is 34.6 Å². The minimum absolute atomic E-state index is 0.348. The molecule has 0 bridgehead atoms. The van der Waals surface area contributed by atoms with Gasteiger partial charge in [0.05, 0.1) is 25.3 Å². The third kappa shape index (κ3) is 4.10. The monoisotopic (exact) mass is 327 g/mol. The number of nitrogens with zero attached hydrogens (tertiary/aromatic N) is 2. The summed E-state index contributed by atoms with van der Waals surface area (Å²) < 4.78 is 11.3. The van der Waals surface area contributed by atoms with E-state index in [1.165, 1.54) is 0 Å². The molecule has 0 atom stereocenters. The normalized spacial score (nSPS) is 10.8. The highest BCUT2D eigenvalue weighted by Crippen LogP contribution is 2.26. The highest BCUT2D eigenvalue weighted by molar-refractivity contribution is 9.10. The van der Waals surface area contributed by atoms with Crippen molar-refractivity contribution < 1.29 is 14.0 Å². The molecular weight excluding hydrogens is 314 g/mol. The Balaban J connectivity index is 1.91. The lowest BCUT2D eigenvalue weighted by Gasteiger charge is -2.02. The summed E-state index contributed by atoms with van der Waals surface area (Å²) in [5.41, 5.74) is 3.59. The lowest BCUT2D eigenvalue weighted by molar-refractivity contribution is 0.000425. The second-order valence-electron chi connectivity index (χ2n) is 3.64. The van der Waals surface area contributed by atoms with Crippen molar-refractivity contribution in [3.63, 3.8) is 0 Å². The average molecular weight is 328 g/mol. The fraction of sp³-hybridized carbons (Fsp3) is 0.333. The van der Waals surface area contributed by atoms with Crippen LogP contribution in [-0.4, -0.2) is 30.5 Å². The minimum atomic E-state index is 0.348. The van der Waals surface area contributed by atoms with Gasteiger partial charge in [0.2, 0.25) is 11.8 Å². The Labute approximate surface area is 119 Å². The predicted molar refractivity (Wildman–Crippen MR) is 72.1 cm³/mol. The van der Waals surface area contributed by atoms with E-state index in [0.29, 0.717) is 31.5 Å². The molecular formula is C12H14BrN3O3. The van der Waals surface area contributed by atoms with Crippen LogP contribution in [0.25, 0.3) is 11.5 Å². The van der Waals surface area contributed by atoms with Crippen LogP contribution in [0.2, 0.25) is 0 Å². The molecule has 0 spiro atoms. The van der Waals surface area contributed by atoms with Gasteiger partial charge in [-0.3, -0.25) is 4.84 Å². The second kappa shape index (κ2) is 7.34. The minimum Gasteiger partial charge on any atom is -0.419 e. The van der Waals surface area contributed by atoms with Gasteiger partial charge >= 0.3 is 0 Å². The molecule has 0 radical (unpaired) electrons. The number of hydrogen-bond acceptors (Lipinski definition) is 6. The first kappa shape index (κ1) is 14.1. The molecule has 1 heterocycles. The van der Waals surface area contributed by atoms with E-state index >= 15 is 0 Å². The molecule has 0 saturated carbocycles. The van der Waals surface area contributed by atoms with E-state index in [-0.39, 0.29) is 0 Å². The van der Waals surface area contributed by atoms with Gasteiger partial charge in [0, 0.05) is 11.6 Å². The van der Waals surface area contributed by atoms with Crippen LogP contribution in [0, 0.1) is 0 Å². The van der Waals surface area contributed by atoms with Gasteiger partial charge in [-0.1, -0.05) is 12.1 Å². The van der Waals surface area contributed by atoms with E-state index in [9.17, 15) is 0 Å². The zero-order valence-corrected chi connectivity index (χ0v) is 12.0. The zero-order chi connectivity index (χ0) is 13.5. The largest absolute Gasteiger partial charge is 0.419 e. The first-order valence-corrected chi connectivity index (χ1v) is 6.51. The first-order valence-electron chi connectivity index (χ1n) is 5.72. The van der Waals surface area contributed by atoms with Crippen molar-refractivity contribution in [1.82, 2.24) is 15.7 Å². The average Bonchev–Trinajstić information content (AvgIpc) is 2.88. The molecule has 1 aromatic carbocycles. The summed E-state index contributed by atoms with van der Waals surface area (Å²) in [6.07, 6.45) is 0. The Morgan fingerprint density at radius 1 is 1.26 bits per heavy atom. The van der Waals surface area contributed by atoms with Crippen molar-refractivity contribution in [2.75, 3.05) is 20.3 Å². The van der Waals surface area contributed by atoms with Gasteiger partial charge in [0.25, 0.3) is 0 Å². The summed E-state index contributed by atoms with van der Waals surface area (Å²) in [6.45, 7) is 1.34. The molecule has 0 saturated heterocycles. The van der Waals surface area contributed by atoms with Crippen molar-refractivity contribution in [1.29, 1.82) is 0 Å². The molecule has 0 aliphatic heterocycles. The topological polar surface area (TPSA) is 69.4 Å². The van der Waals surface area contributed by atoms with Crippen LogP contribution in [-0.2, 0) is 16.1 Å². The molecule has 0 amide bonds. The van der Waals surface area contributed by atoms with Crippen LogP contribution in [0.5, 0.6) is 0 Å². The summed E-state index contributed by atoms with van der Waals surface area (Å²) in [4.78, 5) is 5.10. The molecule has 2 aromatic rings. The van der Waals surface area contributed by atoms with Crippen molar-refractivity contribution >= 4 is 15.9 Å². The van der Waals surface area contributed by atoms with Crippen LogP contribution >= 0.6 is 15.9 Å². The SMILES string of the molecule is COCCONCc1nnc(-c2ccccc2Br)o1. The van der Waals surface area contributed by atoms with Crippen LogP contribution < -0.4 is 5.48 Å². The van der Waals surface area contributed by atoms with Crippen LogP contribution in [0.1, 0.15) is 5.89 Å². The van der Waals surface area contributed by atoms with Crippen molar-refractivity contribution in [2.24, 2.45) is 0 Å². The number of nitrogens with one attached hydrogen (secondary N) is 1. The molecule has 0 unspecified atom stereocenters. The standard InChI is InChI=1S/C12H14BrN3O3/c1-17-6-7-18-14-8-11-15-16-12(19-11)9-4-2-3-5-10(9)13/h2-5,14H,6-8H2,1H3. The fourth-order valence-electron chi connectivity index (χ4n) is 1.38. The van der Waals surface area contributed by atoms with Crippen molar-refractivity contribution in [3.8, 4) is 11.5 Å². The molecule has 0 aliphatic carbocycles. The summed E-state index contributed by atoms with van der Waals surface area (Å²) in [5, 5.41) is 7.94. The third-order valence-corrected chi connectivity index (χ3v) is 2.98. The van der Waals surface area contributed by atoms with Gasteiger partial charge in [-0.25, -0.2) is 0 Å². The van der Waals surface area contributed by atoms with Gasteiger partial charge in [0.15, 0.2) is 0 Å². The zero-order valence-electron chi connectivity index (χ0n) is 10.4. The van der Waals surface area contributed by atoms with Crippen molar-refractivity contribution in [2.45, 2.75) is 6.54 Å². The summed E-state index contributed by atoms with van der Waals surface area (Å²) in [7, 11) is 1.62. The lowest BCUT2D eigenvalue weighted by Crippen LogP contribution is -2.17. The van der Waals surface area contributed by atoms with Gasteiger partial charge in [-0.05, 0) is 28.1 Å². The highest BCUT2D eigenvalue weighted by atomic mass is 79.9. The fourth-order valence-corrected chi connectivity index (χ4v) is 1.83. The number of hydroxylamine groups is 1. The highest BCUT2D eigenvalue weighted by Gasteiger charge is 2.10. The Morgan fingerprint density at radius 2 is 2.11 bits per heavy atom. The number of benzene rings is 1.